The minimum atomic E-state index is -4.04. The van der Waals surface area contributed by atoms with Crippen molar-refractivity contribution in [3.8, 4) is 0 Å². The number of rotatable bonds is 3. The molecule has 1 N–H and O–H groups in total. The summed E-state index contributed by atoms with van der Waals surface area (Å²) in [5, 5.41) is 9.06. The third kappa shape index (κ3) is 2.86. The van der Waals surface area contributed by atoms with Gasteiger partial charge in [-0.05, 0) is 44.0 Å². The highest BCUT2D eigenvalue weighted by Crippen LogP contribution is 2.28. The first-order valence-corrected chi connectivity index (χ1v) is 9.02. The van der Waals surface area contributed by atoms with Crippen LogP contribution < -0.4 is 0 Å². The third-order valence-electron chi connectivity index (χ3n) is 4.58. The smallest absolute Gasteiger partial charge is 0.338 e. The molecule has 0 aromatic heterocycles. The Hall–Kier alpha value is -1.51. The molecule has 0 radical (unpaired) electrons. The van der Waals surface area contributed by atoms with Crippen LogP contribution in [0, 0.1) is 12.7 Å². The Labute approximate surface area is 134 Å². The van der Waals surface area contributed by atoms with Crippen molar-refractivity contribution >= 4 is 16.0 Å². The van der Waals surface area contributed by atoms with Gasteiger partial charge in [0.05, 0.1) is 5.56 Å². The summed E-state index contributed by atoms with van der Waals surface area (Å²) >= 11 is 0. The van der Waals surface area contributed by atoms with E-state index >= 15 is 0 Å². The van der Waals surface area contributed by atoms with Crippen LogP contribution >= 0.6 is 0 Å². The quantitative estimate of drug-likeness (QED) is 0.896. The molecule has 3 rings (SSSR count). The highest BCUT2D eigenvalue weighted by atomic mass is 32.2. The predicted octanol–water partition coefficient (Wildman–Crippen LogP) is 1.30. The van der Waals surface area contributed by atoms with Crippen LogP contribution in [0.1, 0.15) is 28.8 Å². The highest BCUT2D eigenvalue weighted by molar-refractivity contribution is 7.89. The number of aryl methyl sites for hydroxylation is 1. The maximum atomic E-state index is 14.4. The van der Waals surface area contributed by atoms with Gasteiger partial charge in [0.25, 0.3) is 0 Å². The van der Waals surface area contributed by atoms with Gasteiger partial charge >= 0.3 is 5.97 Å². The Balaban J connectivity index is 1.98. The number of halogens is 1. The molecular weight excluding hydrogens is 323 g/mol. The largest absolute Gasteiger partial charge is 0.478 e. The molecule has 126 valence electrons. The fourth-order valence-electron chi connectivity index (χ4n) is 3.40. The van der Waals surface area contributed by atoms with Gasteiger partial charge in [-0.25, -0.2) is 17.6 Å². The second kappa shape index (κ2) is 5.85. The fourth-order valence-corrected chi connectivity index (χ4v) is 5.04. The van der Waals surface area contributed by atoms with Gasteiger partial charge in [0, 0.05) is 25.7 Å². The number of carboxylic acids is 1. The number of benzene rings is 1. The van der Waals surface area contributed by atoms with E-state index in [0.29, 0.717) is 25.2 Å². The Morgan fingerprint density at radius 2 is 2.04 bits per heavy atom. The number of hydrogen-bond donors (Lipinski definition) is 1. The van der Waals surface area contributed by atoms with Crippen molar-refractivity contribution in [2.75, 3.05) is 26.2 Å². The number of hydrogen-bond acceptors (Lipinski definition) is 4. The highest BCUT2D eigenvalue weighted by Gasteiger charge is 2.38. The average molecular weight is 342 g/mol. The number of carboxylic acid groups (broad SMARTS) is 1. The number of carbonyl (C=O) groups is 1. The summed E-state index contributed by atoms with van der Waals surface area (Å²) in [7, 11) is -4.04. The van der Waals surface area contributed by atoms with Crippen LogP contribution in [0.2, 0.25) is 0 Å². The average Bonchev–Trinajstić information content (AvgIpc) is 2.96. The van der Waals surface area contributed by atoms with E-state index in [1.807, 2.05) is 0 Å². The van der Waals surface area contributed by atoms with Crippen molar-refractivity contribution in [2.24, 2.45) is 0 Å². The molecule has 2 aliphatic heterocycles. The van der Waals surface area contributed by atoms with Crippen LogP contribution in [-0.2, 0) is 10.0 Å². The third-order valence-corrected chi connectivity index (χ3v) is 6.45. The molecule has 6 nitrogen and oxygen atoms in total. The standard InChI is InChI=1S/C15H19FN2O4S/c1-10-7-12(15(19)20)14(16)13(8-10)23(21,22)18-6-5-17-4-2-3-11(17)9-18/h7-8,11H,2-6,9H2,1H3,(H,19,20). The molecule has 1 atom stereocenters. The molecule has 2 fully saturated rings. The van der Waals surface area contributed by atoms with Crippen LogP contribution in [-0.4, -0.2) is 60.9 Å². The van der Waals surface area contributed by atoms with Crippen LogP contribution in [0.3, 0.4) is 0 Å². The zero-order valence-corrected chi connectivity index (χ0v) is 13.6. The molecule has 0 bridgehead atoms. The van der Waals surface area contributed by atoms with Crippen molar-refractivity contribution in [3.63, 3.8) is 0 Å². The van der Waals surface area contributed by atoms with E-state index in [1.54, 1.807) is 6.92 Å². The summed E-state index contributed by atoms with van der Waals surface area (Å²) in [6.07, 6.45) is 1.98. The minimum Gasteiger partial charge on any atom is -0.478 e. The molecule has 1 aromatic rings. The van der Waals surface area contributed by atoms with E-state index in [9.17, 15) is 17.6 Å². The van der Waals surface area contributed by atoms with Crippen LogP contribution in [0.5, 0.6) is 0 Å². The lowest BCUT2D eigenvalue weighted by Gasteiger charge is -2.36. The molecule has 1 unspecified atom stereocenters. The van der Waals surface area contributed by atoms with Gasteiger partial charge < -0.3 is 5.11 Å². The van der Waals surface area contributed by atoms with Crippen molar-refractivity contribution in [1.29, 1.82) is 0 Å². The number of aromatic carboxylic acids is 1. The molecule has 23 heavy (non-hydrogen) atoms. The molecule has 2 heterocycles. The number of piperazine rings is 1. The minimum absolute atomic E-state index is 0.172. The Kier molecular flexibility index (Phi) is 4.16. The normalized spacial score (nSPS) is 23.0. The monoisotopic (exact) mass is 342 g/mol. The summed E-state index contributed by atoms with van der Waals surface area (Å²) in [4.78, 5) is 12.8. The molecule has 0 spiro atoms. The topological polar surface area (TPSA) is 77.9 Å². The van der Waals surface area contributed by atoms with Gasteiger partial charge in [-0.3, -0.25) is 4.90 Å². The van der Waals surface area contributed by atoms with Crippen LogP contribution in [0.25, 0.3) is 0 Å². The lowest BCUT2D eigenvalue weighted by molar-refractivity contribution is 0.0691. The first-order valence-electron chi connectivity index (χ1n) is 7.58. The van der Waals surface area contributed by atoms with Crippen molar-refractivity contribution in [3.05, 3.63) is 29.1 Å². The SMILES string of the molecule is Cc1cc(C(=O)O)c(F)c(S(=O)(=O)N2CCN3CCCC3C2)c1. The Morgan fingerprint density at radius 3 is 2.74 bits per heavy atom. The number of nitrogens with zero attached hydrogens (tertiary/aromatic N) is 2. The predicted molar refractivity (Wildman–Crippen MR) is 81.5 cm³/mol. The molecule has 1 aromatic carbocycles. The first kappa shape index (κ1) is 16.4. The summed E-state index contributed by atoms with van der Waals surface area (Å²) < 4.78 is 41.3. The van der Waals surface area contributed by atoms with Crippen LogP contribution in [0.15, 0.2) is 17.0 Å². The second-order valence-electron chi connectivity index (χ2n) is 6.12. The van der Waals surface area contributed by atoms with E-state index in [1.165, 1.54) is 10.4 Å². The van der Waals surface area contributed by atoms with Gasteiger partial charge in [0.1, 0.15) is 4.90 Å². The van der Waals surface area contributed by atoms with E-state index in [2.05, 4.69) is 4.90 Å². The molecular formula is C15H19FN2O4S. The summed E-state index contributed by atoms with van der Waals surface area (Å²) in [5.74, 6) is -2.65. The van der Waals surface area contributed by atoms with E-state index in [4.69, 9.17) is 5.11 Å². The second-order valence-corrected chi connectivity index (χ2v) is 8.03. The Bertz CT molecular complexity index is 750. The summed E-state index contributed by atoms with van der Waals surface area (Å²) in [5.41, 5.74) is -0.204. The first-order chi connectivity index (χ1) is 10.8. The molecule has 8 heteroatoms. The van der Waals surface area contributed by atoms with E-state index in [0.717, 1.165) is 25.5 Å². The molecule has 0 amide bonds. The van der Waals surface area contributed by atoms with Gasteiger partial charge in [0.15, 0.2) is 5.82 Å². The maximum absolute atomic E-state index is 14.4. The van der Waals surface area contributed by atoms with Gasteiger partial charge in [0.2, 0.25) is 10.0 Å². The molecule has 2 aliphatic rings. The molecule has 0 saturated carbocycles. The zero-order valence-electron chi connectivity index (χ0n) is 12.8. The van der Waals surface area contributed by atoms with Crippen molar-refractivity contribution in [1.82, 2.24) is 9.21 Å². The number of fused-ring (bicyclic) bond motifs is 1. The van der Waals surface area contributed by atoms with E-state index < -0.39 is 32.3 Å². The Morgan fingerprint density at radius 1 is 1.30 bits per heavy atom. The fraction of sp³-hybridized carbons (Fsp3) is 0.533. The lowest BCUT2D eigenvalue weighted by atomic mass is 10.1. The number of sulfonamides is 1. The van der Waals surface area contributed by atoms with Gasteiger partial charge in [-0.2, -0.15) is 4.31 Å². The lowest BCUT2D eigenvalue weighted by Crippen LogP contribution is -2.52. The summed E-state index contributed by atoms with van der Waals surface area (Å²) in [6, 6.07) is 2.52. The van der Waals surface area contributed by atoms with Crippen LogP contribution in [0.4, 0.5) is 4.39 Å². The molecule has 2 saturated heterocycles. The van der Waals surface area contributed by atoms with Crippen molar-refractivity contribution < 1.29 is 22.7 Å². The van der Waals surface area contributed by atoms with Gasteiger partial charge in [-0.15, -0.1) is 0 Å². The molecule has 0 aliphatic carbocycles. The van der Waals surface area contributed by atoms with Gasteiger partial charge in [-0.1, -0.05) is 0 Å². The van der Waals surface area contributed by atoms with Crippen molar-refractivity contribution in [2.45, 2.75) is 30.7 Å². The summed E-state index contributed by atoms with van der Waals surface area (Å²) in [6.45, 7) is 3.79. The zero-order chi connectivity index (χ0) is 16.8. The maximum Gasteiger partial charge on any atom is 0.338 e. The van der Waals surface area contributed by atoms with E-state index in [-0.39, 0.29) is 6.04 Å².